The summed E-state index contributed by atoms with van der Waals surface area (Å²) in [6, 6.07) is 7.15. The van der Waals surface area contributed by atoms with Gasteiger partial charge in [0.1, 0.15) is 0 Å². The fraction of sp³-hybridized carbons (Fsp3) is 0.0714. The standard InChI is InChI=1S/C14H11N3O3S2/c1-10-16-12(9-21-10)4-7-14(18)17-22(19,20)13-5-2-11(8-15)3-6-13/h2-7,9H,1H3,(H,17,18). The van der Waals surface area contributed by atoms with Gasteiger partial charge in [0.25, 0.3) is 15.9 Å². The number of nitrogens with zero attached hydrogens (tertiary/aromatic N) is 2. The topological polar surface area (TPSA) is 99.9 Å². The van der Waals surface area contributed by atoms with Crippen LogP contribution in [0.4, 0.5) is 0 Å². The van der Waals surface area contributed by atoms with Crippen molar-refractivity contribution in [3.63, 3.8) is 0 Å². The zero-order valence-corrected chi connectivity index (χ0v) is 13.1. The van der Waals surface area contributed by atoms with Gasteiger partial charge in [-0.25, -0.2) is 18.1 Å². The molecule has 2 aromatic rings. The highest BCUT2D eigenvalue weighted by Gasteiger charge is 2.16. The molecular formula is C14H11N3O3S2. The molecule has 1 aromatic carbocycles. The number of sulfonamides is 1. The van der Waals surface area contributed by atoms with Crippen LogP contribution in [0.1, 0.15) is 16.3 Å². The molecule has 0 atom stereocenters. The van der Waals surface area contributed by atoms with E-state index in [1.807, 2.05) is 17.7 Å². The number of nitriles is 1. The Kier molecular flexibility index (Phi) is 4.70. The Balaban J connectivity index is 2.09. The van der Waals surface area contributed by atoms with Crippen LogP contribution in [0.5, 0.6) is 0 Å². The van der Waals surface area contributed by atoms with Crippen molar-refractivity contribution in [2.24, 2.45) is 0 Å². The maximum absolute atomic E-state index is 12.0. The van der Waals surface area contributed by atoms with Crippen LogP contribution in [0.2, 0.25) is 0 Å². The summed E-state index contributed by atoms with van der Waals surface area (Å²) in [4.78, 5) is 15.7. The average molecular weight is 333 g/mol. The third-order valence-corrected chi connectivity index (χ3v) is 4.73. The van der Waals surface area contributed by atoms with Crippen LogP contribution < -0.4 is 4.72 Å². The van der Waals surface area contributed by atoms with Gasteiger partial charge in [-0.15, -0.1) is 11.3 Å². The minimum absolute atomic E-state index is 0.0854. The molecule has 0 saturated heterocycles. The molecule has 6 nitrogen and oxygen atoms in total. The molecule has 0 spiro atoms. The Bertz CT molecular complexity index is 859. The quantitative estimate of drug-likeness (QED) is 0.861. The van der Waals surface area contributed by atoms with Gasteiger partial charge in [-0.05, 0) is 37.3 Å². The van der Waals surface area contributed by atoms with Crippen LogP contribution in [-0.4, -0.2) is 19.3 Å². The highest BCUT2D eigenvalue weighted by Crippen LogP contribution is 2.11. The van der Waals surface area contributed by atoms with Crippen molar-refractivity contribution < 1.29 is 13.2 Å². The molecule has 0 aliphatic carbocycles. The smallest absolute Gasteiger partial charge is 0.264 e. The number of thiazole rings is 1. The van der Waals surface area contributed by atoms with Crippen molar-refractivity contribution in [2.75, 3.05) is 0 Å². The molecule has 0 aliphatic rings. The van der Waals surface area contributed by atoms with E-state index >= 15 is 0 Å². The Morgan fingerprint density at radius 2 is 2.05 bits per heavy atom. The first kappa shape index (κ1) is 15.9. The minimum Gasteiger partial charge on any atom is -0.269 e. The summed E-state index contributed by atoms with van der Waals surface area (Å²) >= 11 is 1.43. The summed E-state index contributed by atoms with van der Waals surface area (Å²) in [7, 11) is -3.96. The van der Waals surface area contributed by atoms with Gasteiger partial charge in [-0.3, -0.25) is 4.79 Å². The average Bonchev–Trinajstić information content (AvgIpc) is 2.90. The number of aromatic nitrogens is 1. The third kappa shape index (κ3) is 4.00. The van der Waals surface area contributed by atoms with Gasteiger partial charge >= 0.3 is 0 Å². The largest absolute Gasteiger partial charge is 0.269 e. The van der Waals surface area contributed by atoms with Crippen molar-refractivity contribution >= 4 is 33.3 Å². The zero-order valence-electron chi connectivity index (χ0n) is 11.5. The lowest BCUT2D eigenvalue weighted by molar-refractivity contribution is -0.114. The molecule has 2 rings (SSSR count). The Morgan fingerprint density at radius 3 is 2.59 bits per heavy atom. The van der Waals surface area contributed by atoms with Crippen LogP contribution in [-0.2, 0) is 14.8 Å². The van der Waals surface area contributed by atoms with Gasteiger partial charge in [-0.1, -0.05) is 0 Å². The fourth-order valence-electron chi connectivity index (χ4n) is 1.55. The number of hydrogen-bond acceptors (Lipinski definition) is 6. The third-order valence-electron chi connectivity index (χ3n) is 2.57. The molecule has 0 unspecified atom stereocenters. The van der Waals surface area contributed by atoms with E-state index in [2.05, 4.69) is 4.98 Å². The van der Waals surface area contributed by atoms with E-state index < -0.39 is 15.9 Å². The summed E-state index contributed by atoms with van der Waals surface area (Å²) in [5.41, 5.74) is 0.928. The summed E-state index contributed by atoms with van der Waals surface area (Å²) in [6.45, 7) is 1.83. The molecule has 0 bridgehead atoms. The van der Waals surface area contributed by atoms with Gasteiger partial charge in [0.2, 0.25) is 0 Å². The second-order valence-electron chi connectivity index (χ2n) is 4.23. The molecule has 0 radical (unpaired) electrons. The van der Waals surface area contributed by atoms with E-state index in [-0.39, 0.29) is 4.90 Å². The van der Waals surface area contributed by atoms with Crippen molar-refractivity contribution in [1.82, 2.24) is 9.71 Å². The molecule has 0 saturated carbocycles. The molecule has 0 fully saturated rings. The van der Waals surface area contributed by atoms with Gasteiger partial charge < -0.3 is 0 Å². The van der Waals surface area contributed by atoms with Gasteiger partial charge in [-0.2, -0.15) is 5.26 Å². The number of benzene rings is 1. The Labute approximate surface area is 131 Å². The molecular weight excluding hydrogens is 322 g/mol. The second kappa shape index (κ2) is 6.51. The number of aryl methyl sites for hydroxylation is 1. The SMILES string of the molecule is Cc1nc(C=CC(=O)NS(=O)(=O)c2ccc(C#N)cc2)cs1. The van der Waals surface area contributed by atoms with Crippen molar-refractivity contribution in [3.05, 3.63) is 52.0 Å². The molecule has 0 aliphatic heterocycles. The highest BCUT2D eigenvalue weighted by atomic mass is 32.2. The van der Waals surface area contributed by atoms with E-state index in [0.29, 0.717) is 11.3 Å². The zero-order chi connectivity index (χ0) is 16.2. The molecule has 112 valence electrons. The van der Waals surface area contributed by atoms with Crippen LogP contribution in [0.15, 0.2) is 40.6 Å². The molecule has 1 amide bonds. The number of carbonyl (C=O) groups is 1. The first-order valence-electron chi connectivity index (χ1n) is 6.08. The summed E-state index contributed by atoms with van der Waals surface area (Å²) in [6.07, 6.45) is 2.54. The highest BCUT2D eigenvalue weighted by molar-refractivity contribution is 7.90. The monoisotopic (exact) mass is 333 g/mol. The first-order chi connectivity index (χ1) is 10.4. The molecule has 1 heterocycles. The fourth-order valence-corrected chi connectivity index (χ4v) is 3.08. The van der Waals surface area contributed by atoms with E-state index in [4.69, 9.17) is 5.26 Å². The summed E-state index contributed by atoms with van der Waals surface area (Å²) in [5.74, 6) is -0.769. The van der Waals surface area contributed by atoms with Crippen LogP contribution in [0.3, 0.4) is 0 Å². The number of amides is 1. The van der Waals surface area contributed by atoms with E-state index in [1.54, 1.807) is 5.38 Å². The lowest BCUT2D eigenvalue weighted by Gasteiger charge is -2.04. The number of rotatable bonds is 4. The predicted molar refractivity (Wildman–Crippen MR) is 82.4 cm³/mol. The Hall–Kier alpha value is -2.50. The first-order valence-corrected chi connectivity index (χ1v) is 8.44. The van der Waals surface area contributed by atoms with Gasteiger partial charge in [0.15, 0.2) is 0 Å². The summed E-state index contributed by atoms with van der Waals surface area (Å²) in [5, 5.41) is 11.3. The van der Waals surface area contributed by atoms with E-state index in [0.717, 1.165) is 11.1 Å². The minimum atomic E-state index is -3.96. The van der Waals surface area contributed by atoms with Gasteiger partial charge in [0, 0.05) is 11.5 Å². The van der Waals surface area contributed by atoms with Crippen molar-refractivity contribution in [2.45, 2.75) is 11.8 Å². The lowest BCUT2D eigenvalue weighted by Crippen LogP contribution is -2.28. The van der Waals surface area contributed by atoms with Crippen molar-refractivity contribution in [1.29, 1.82) is 5.26 Å². The van der Waals surface area contributed by atoms with Crippen LogP contribution in [0.25, 0.3) is 6.08 Å². The number of carbonyl (C=O) groups excluding carboxylic acids is 1. The second-order valence-corrected chi connectivity index (χ2v) is 6.98. The number of hydrogen-bond donors (Lipinski definition) is 1. The molecule has 8 heteroatoms. The van der Waals surface area contributed by atoms with Crippen molar-refractivity contribution in [3.8, 4) is 6.07 Å². The molecule has 22 heavy (non-hydrogen) atoms. The molecule has 1 aromatic heterocycles. The van der Waals surface area contributed by atoms with Gasteiger partial charge in [0.05, 0.1) is 27.2 Å². The van der Waals surface area contributed by atoms with E-state index in [9.17, 15) is 13.2 Å². The molecule has 1 N–H and O–H groups in total. The normalized spacial score (nSPS) is 11.3. The Morgan fingerprint density at radius 1 is 1.36 bits per heavy atom. The van der Waals surface area contributed by atoms with Crippen LogP contribution >= 0.6 is 11.3 Å². The van der Waals surface area contributed by atoms with Crippen LogP contribution in [0, 0.1) is 18.3 Å². The lowest BCUT2D eigenvalue weighted by atomic mass is 10.2. The number of nitrogens with one attached hydrogen (secondary N) is 1. The summed E-state index contributed by atoms with van der Waals surface area (Å²) < 4.78 is 25.9. The maximum atomic E-state index is 12.0. The van der Waals surface area contributed by atoms with E-state index in [1.165, 1.54) is 41.7 Å². The predicted octanol–water partition coefficient (Wildman–Crippen LogP) is 1.84. The maximum Gasteiger partial charge on any atom is 0.264 e.